The molecule has 4 aromatic carbocycles. The highest BCUT2D eigenvalue weighted by atomic mass is 19.3. The topological polar surface area (TPSA) is 29.5 Å². The molecule has 0 bridgehead atoms. The molecule has 0 N–H and O–H groups in total. The summed E-state index contributed by atoms with van der Waals surface area (Å²) in [6.45, 7) is -0.455. The zero-order valence-electron chi connectivity index (χ0n) is 18.1. The Morgan fingerprint density at radius 3 is 2.24 bits per heavy atom. The molecule has 166 valence electrons. The van der Waals surface area contributed by atoms with E-state index in [4.69, 9.17) is 0 Å². The van der Waals surface area contributed by atoms with Crippen LogP contribution in [0.3, 0.4) is 0 Å². The van der Waals surface area contributed by atoms with E-state index >= 15 is 0 Å². The summed E-state index contributed by atoms with van der Waals surface area (Å²) in [5.41, 5.74) is 2.82. The molecule has 0 aromatic heterocycles. The van der Waals surface area contributed by atoms with Crippen molar-refractivity contribution in [2.24, 2.45) is 0 Å². The maximum atomic E-state index is 13.9. The minimum absolute atomic E-state index is 0.0701. The van der Waals surface area contributed by atoms with Gasteiger partial charge >= 0.3 is 6.61 Å². The van der Waals surface area contributed by atoms with Gasteiger partial charge in [0, 0.05) is 17.5 Å². The van der Waals surface area contributed by atoms with Gasteiger partial charge in [-0.25, -0.2) is 0 Å². The number of alkyl halides is 2. The molecule has 0 saturated carbocycles. The highest BCUT2D eigenvalue weighted by molar-refractivity contribution is 6.31. The molecule has 0 aliphatic heterocycles. The van der Waals surface area contributed by atoms with Crippen molar-refractivity contribution in [3.63, 3.8) is 0 Å². The molecule has 0 spiro atoms. The standard InChI is InChI=1S/C28H23F2NO2/c1-2-31(26-14-8-12-21-11-6-7-13-24(21)26)27(32)25(22-9-4-3-5-10-22)19-20-15-17-23(18-16-20)33-28(29)30/h3-19,28H,2H2,1H3/b25-19+. The summed E-state index contributed by atoms with van der Waals surface area (Å²) in [6, 6.07) is 29.5. The Morgan fingerprint density at radius 2 is 1.55 bits per heavy atom. The second-order valence-electron chi connectivity index (χ2n) is 7.42. The molecule has 0 unspecified atom stereocenters. The quantitative estimate of drug-likeness (QED) is 0.227. The predicted octanol–water partition coefficient (Wildman–Crippen LogP) is 7.03. The van der Waals surface area contributed by atoms with Crippen LogP contribution >= 0.6 is 0 Å². The van der Waals surface area contributed by atoms with Crippen LogP contribution in [-0.2, 0) is 4.79 Å². The number of benzene rings is 4. The van der Waals surface area contributed by atoms with Crippen molar-refractivity contribution in [3.8, 4) is 5.75 Å². The van der Waals surface area contributed by atoms with Crippen LogP contribution in [0.4, 0.5) is 14.5 Å². The number of hydrogen-bond donors (Lipinski definition) is 0. The van der Waals surface area contributed by atoms with E-state index in [1.54, 1.807) is 23.1 Å². The van der Waals surface area contributed by atoms with Crippen LogP contribution in [0.15, 0.2) is 97.1 Å². The van der Waals surface area contributed by atoms with Crippen LogP contribution in [0, 0.1) is 0 Å². The van der Waals surface area contributed by atoms with Crippen LogP contribution in [0.25, 0.3) is 22.4 Å². The normalized spacial score (nSPS) is 11.6. The zero-order valence-corrected chi connectivity index (χ0v) is 18.1. The predicted molar refractivity (Wildman–Crippen MR) is 129 cm³/mol. The van der Waals surface area contributed by atoms with Crippen molar-refractivity contribution >= 4 is 34.0 Å². The van der Waals surface area contributed by atoms with Crippen LogP contribution in [0.2, 0.25) is 0 Å². The Balaban J connectivity index is 1.77. The summed E-state index contributed by atoms with van der Waals surface area (Å²) in [5, 5.41) is 2.05. The molecule has 33 heavy (non-hydrogen) atoms. The highest BCUT2D eigenvalue weighted by Crippen LogP contribution is 2.30. The highest BCUT2D eigenvalue weighted by Gasteiger charge is 2.21. The van der Waals surface area contributed by atoms with Crippen LogP contribution in [0.5, 0.6) is 5.75 Å². The second-order valence-corrected chi connectivity index (χ2v) is 7.42. The molecule has 0 saturated heterocycles. The Kier molecular flexibility index (Phi) is 6.79. The summed E-state index contributed by atoms with van der Waals surface area (Å²) in [6.07, 6.45) is 1.78. The van der Waals surface area contributed by atoms with Crippen molar-refractivity contribution < 1.29 is 18.3 Å². The number of nitrogens with zero attached hydrogens (tertiary/aromatic N) is 1. The number of anilines is 1. The zero-order chi connectivity index (χ0) is 23.2. The van der Waals surface area contributed by atoms with E-state index in [0.717, 1.165) is 22.0 Å². The molecular weight excluding hydrogens is 420 g/mol. The fourth-order valence-corrected chi connectivity index (χ4v) is 3.81. The van der Waals surface area contributed by atoms with Gasteiger partial charge in [0.15, 0.2) is 0 Å². The van der Waals surface area contributed by atoms with E-state index in [0.29, 0.717) is 17.7 Å². The lowest BCUT2D eigenvalue weighted by Crippen LogP contribution is -2.31. The molecule has 0 aliphatic rings. The molecule has 4 rings (SSSR count). The lowest BCUT2D eigenvalue weighted by atomic mass is 10.00. The first-order valence-corrected chi connectivity index (χ1v) is 10.7. The van der Waals surface area contributed by atoms with Gasteiger partial charge in [-0.3, -0.25) is 4.79 Å². The van der Waals surface area contributed by atoms with E-state index < -0.39 is 6.61 Å². The SMILES string of the molecule is CCN(C(=O)/C(=C/c1ccc(OC(F)F)cc1)c1ccccc1)c1cccc2ccccc12. The average Bonchev–Trinajstić information content (AvgIpc) is 2.84. The first-order valence-electron chi connectivity index (χ1n) is 10.7. The maximum absolute atomic E-state index is 13.9. The number of likely N-dealkylation sites (N-methyl/N-ethyl adjacent to an activating group) is 1. The summed E-state index contributed by atoms with van der Waals surface area (Å²) >= 11 is 0. The van der Waals surface area contributed by atoms with Gasteiger partial charge in [0.25, 0.3) is 5.91 Å². The minimum Gasteiger partial charge on any atom is -0.435 e. The molecule has 0 heterocycles. The largest absolute Gasteiger partial charge is 0.435 e. The lowest BCUT2D eigenvalue weighted by molar-refractivity contribution is -0.113. The molecule has 0 radical (unpaired) electrons. The number of ether oxygens (including phenoxy) is 1. The maximum Gasteiger partial charge on any atom is 0.387 e. The third-order valence-electron chi connectivity index (χ3n) is 5.35. The molecule has 4 aromatic rings. The number of amides is 1. The fourth-order valence-electron chi connectivity index (χ4n) is 3.81. The third-order valence-corrected chi connectivity index (χ3v) is 5.35. The molecule has 0 aliphatic carbocycles. The second kappa shape index (κ2) is 10.1. The van der Waals surface area contributed by atoms with Crippen molar-refractivity contribution in [1.29, 1.82) is 0 Å². The molecule has 0 atom stereocenters. The van der Waals surface area contributed by atoms with Gasteiger partial charge in [-0.1, -0.05) is 78.9 Å². The summed E-state index contributed by atoms with van der Waals surface area (Å²) in [5.74, 6) is -0.0753. The molecule has 5 heteroatoms. The van der Waals surface area contributed by atoms with E-state index in [-0.39, 0.29) is 11.7 Å². The van der Waals surface area contributed by atoms with Crippen LogP contribution in [-0.4, -0.2) is 19.1 Å². The Hall–Kier alpha value is -3.99. The van der Waals surface area contributed by atoms with Crippen molar-refractivity contribution in [1.82, 2.24) is 0 Å². The average molecular weight is 443 g/mol. The first-order chi connectivity index (χ1) is 16.1. The van der Waals surface area contributed by atoms with Gasteiger partial charge in [-0.15, -0.1) is 0 Å². The number of rotatable bonds is 7. The van der Waals surface area contributed by atoms with Gasteiger partial charge in [0.05, 0.1) is 5.69 Å². The number of hydrogen-bond acceptors (Lipinski definition) is 2. The van der Waals surface area contributed by atoms with Crippen molar-refractivity contribution in [2.45, 2.75) is 13.5 Å². The molecule has 0 fully saturated rings. The number of fused-ring (bicyclic) bond motifs is 1. The monoisotopic (exact) mass is 443 g/mol. The lowest BCUT2D eigenvalue weighted by Gasteiger charge is -2.24. The smallest absolute Gasteiger partial charge is 0.387 e. The molecule has 3 nitrogen and oxygen atoms in total. The minimum atomic E-state index is -2.88. The molecule has 1 amide bonds. The number of halogens is 2. The van der Waals surface area contributed by atoms with Gasteiger partial charge < -0.3 is 9.64 Å². The third kappa shape index (κ3) is 5.09. The molecular formula is C28H23F2NO2. The first kappa shape index (κ1) is 22.2. The van der Waals surface area contributed by atoms with Gasteiger partial charge in [0.1, 0.15) is 5.75 Å². The van der Waals surface area contributed by atoms with E-state index in [1.807, 2.05) is 79.7 Å². The fraction of sp³-hybridized carbons (Fsp3) is 0.107. The van der Waals surface area contributed by atoms with E-state index in [1.165, 1.54) is 12.1 Å². The van der Waals surface area contributed by atoms with Gasteiger partial charge in [0.2, 0.25) is 0 Å². The Bertz CT molecular complexity index is 1260. The van der Waals surface area contributed by atoms with Crippen molar-refractivity contribution in [3.05, 3.63) is 108 Å². The van der Waals surface area contributed by atoms with Crippen LogP contribution < -0.4 is 9.64 Å². The van der Waals surface area contributed by atoms with Gasteiger partial charge in [-0.2, -0.15) is 8.78 Å². The van der Waals surface area contributed by atoms with Gasteiger partial charge in [-0.05, 0) is 47.7 Å². The Morgan fingerprint density at radius 1 is 0.879 bits per heavy atom. The number of carbonyl (C=O) groups excluding carboxylic acids is 1. The summed E-state index contributed by atoms with van der Waals surface area (Å²) in [7, 11) is 0. The van der Waals surface area contributed by atoms with Crippen LogP contribution in [0.1, 0.15) is 18.1 Å². The van der Waals surface area contributed by atoms with E-state index in [9.17, 15) is 13.6 Å². The summed E-state index contributed by atoms with van der Waals surface area (Å²) < 4.78 is 29.4. The Labute approximate surface area is 191 Å². The van der Waals surface area contributed by atoms with E-state index in [2.05, 4.69) is 4.74 Å². The number of carbonyl (C=O) groups is 1. The summed E-state index contributed by atoms with van der Waals surface area (Å²) in [4.78, 5) is 15.6. The van der Waals surface area contributed by atoms with Crippen molar-refractivity contribution in [2.75, 3.05) is 11.4 Å².